The van der Waals surface area contributed by atoms with Gasteiger partial charge in [0.25, 0.3) is 5.56 Å². The standard InChI is InChI=1S/C23H22N4O4S/c1-4-5-15(14-28)12-27-9-7-18-20(25-32(3,30)31)10-16(11-21(18)27)19-13-26(2)22-17(19)6-8-24-23(22)29/h4-11,13-14,25H,1,12H2,2-3H3,(H,24,29)/b15-5-. The molecule has 2 N–H and O–H groups in total. The van der Waals surface area contributed by atoms with Crippen LogP contribution in [0.5, 0.6) is 0 Å². The van der Waals surface area contributed by atoms with Gasteiger partial charge in [-0.05, 0) is 29.8 Å². The minimum Gasteiger partial charge on any atom is -0.345 e. The van der Waals surface area contributed by atoms with Crippen LogP contribution in [0.1, 0.15) is 0 Å². The van der Waals surface area contributed by atoms with E-state index < -0.39 is 10.0 Å². The molecule has 0 radical (unpaired) electrons. The molecule has 32 heavy (non-hydrogen) atoms. The van der Waals surface area contributed by atoms with Gasteiger partial charge in [-0.15, -0.1) is 0 Å². The summed E-state index contributed by atoms with van der Waals surface area (Å²) in [4.78, 5) is 26.4. The molecule has 0 atom stereocenters. The van der Waals surface area contributed by atoms with Gasteiger partial charge in [0.2, 0.25) is 10.0 Å². The first-order chi connectivity index (χ1) is 15.2. The summed E-state index contributed by atoms with van der Waals surface area (Å²) in [7, 11) is -1.75. The number of nitrogens with one attached hydrogen (secondary N) is 2. The first-order valence-electron chi connectivity index (χ1n) is 9.76. The van der Waals surface area contributed by atoms with Gasteiger partial charge < -0.3 is 14.1 Å². The molecule has 0 fully saturated rings. The molecule has 164 valence electrons. The third kappa shape index (κ3) is 3.90. The number of pyridine rings is 1. The molecule has 4 aromatic rings. The Morgan fingerprint density at radius 1 is 1.25 bits per heavy atom. The van der Waals surface area contributed by atoms with E-state index in [0.717, 1.165) is 34.6 Å². The number of rotatable bonds is 7. The number of H-pyrrole nitrogens is 1. The Hall–Kier alpha value is -3.85. The van der Waals surface area contributed by atoms with E-state index in [1.165, 1.54) is 0 Å². The van der Waals surface area contributed by atoms with Gasteiger partial charge in [0, 0.05) is 47.5 Å². The zero-order valence-corrected chi connectivity index (χ0v) is 18.4. The molecule has 0 saturated heterocycles. The third-order valence-corrected chi connectivity index (χ3v) is 5.82. The number of aromatic amines is 1. The maximum absolute atomic E-state index is 12.3. The van der Waals surface area contributed by atoms with E-state index >= 15 is 0 Å². The highest BCUT2D eigenvalue weighted by atomic mass is 32.2. The largest absolute Gasteiger partial charge is 0.345 e. The van der Waals surface area contributed by atoms with Gasteiger partial charge in [-0.25, -0.2) is 8.42 Å². The van der Waals surface area contributed by atoms with Crippen LogP contribution in [0.25, 0.3) is 32.9 Å². The zero-order chi connectivity index (χ0) is 23.0. The Morgan fingerprint density at radius 3 is 2.72 bits per heavy atom. The number of benzene rings is 1. The van der Waals surface area contributed by atoms with Crippen LogP contribution >= 0.6 is 0 Å². The SMILES string of the molecule is C=C/C=C(\C=O)Cn1ccc2c(NS(C)(=O)=O)cc(-c3cn(C)c4c(=O)[nH]ccc34)cc21. The maximum atomic E-state index is 12.3. The van der Waals surface area contributed by atoms with E-state index in [-0.39, 0.29) is 5.56 Å². The van der Waals surface area contributed by atoms with Crippen LogP contribution in [0.4, 0.5) is 5.69 Å². The van der Waals surface area contributed by atoms with Crippen molar-refractivity contribution in [1.29, 1.82) is 0 Å². The maximum Gasteiger partial charge on any atom is 0.272 e. The van der Waals surface area contributed by atoms with Gasteiger partial charge in [0.1, 0.15) is 11.8 Å². The lowest BCUT2D eigenvalue weighted by Crippen LogP contribution is -2.10. The Balaban J connectivity index is 2.00. The van der Waals surface area contributed by atoms with Crippen molar-refractivity contribution in [2.24, 2.45) is 7.05 Å². The summed E-state index contributed by atoms with van der Waals surface area (Å²) in [6, 6.07) is 7.30. The molecule has 3 heterocycles. The van der Waals surface area contributed by atoms with Crippen LogP contribution in [0.3, 0.4) is 0 Å². The molecule has 1 aromatic carbocycles. The lowest BCUT2D eigenvalue weighted by Gasteiger charge is -2.11. The van der Waals surface area contributed by atoms with Gasteiger partial charge in [0.05, 0.1) is 24.0 Å². The number of fused-ring (bicyclic) bond motifs is 2. The van der Waals surface area contributed by atoms with Crippen LogP contribution in [-0.4, -0.2) is 35.1 Å². The third-order valence-electron chi connectivity index (χ3n) is 5.23. The summed E-state index contributed by atoms with van der Waals surface area (Å²) >= 11 is 0. The molecular formula is C23H22N4O4S. The lowest BCUT2D eigenvalue weighted by molar-refractivity contribution is -0.105. The predicted octanol–water partition coefficient (Wildman–Crippen LogP) is 3.17. The fourth-order valence-electron chi connectivity index (χ4n) is 3.95. The number of sulfonamides is 1. The predicted molar refractivity (Wildman–Crippen MR) is 127 cm³/mol. The summed E-state index contributed by atoms with van der Waals surface area (Å²) < 4.78 is 30.3. The zero-order valence-electron chi connectivity index (χ0n) is 17.6. The smallest absolute Gasteiger partial charge is 0.272 e. The number of nitrogens with zero attached hydrogens (tertiary/aromatic N) is 2. The number of aryl methyl sites for hydroxylation is 1. The van der Waals surface area contributed by atoms with Crippen LogP contribution in [0.15, 0.2) is 72.0 Å². The number of carbonyl (C=O) groups is 1. The molecule has 0 saturated carbocycles. The van der Waals surface area contributed by atoms with Gasteiger partial charge in [-0.2, -0.15) is 0 Å². The second kappa shape index (κ2) is 8.01. The minimum atomic E-state index is -3.54. The van der Waals surface area contributed by atoms with Crippen molar-refractivity contribution in [3.05, 3.63) is 77.5 Å². The van der Waals surface area contributed by atoms with Crippen molar-refractivity contribution >= 4 is 43.8 Å². The Labute approximate surface area is 184 Å². The quantitative estimate of drug-likeness (QED) is 0.256. The number of aromatic nitrogens is 3. The number of carbonyl (C=O) groups excluding carboxylic acids is 1. The second-order valence-electron chi connectivity index (χ2n) is 7.59. The van der Waals surface area contributed by atoms with Crippen molar-refractivity contribution in [1.82, 2.24) is 14.1 Å². The number of aldehydes is 1. The monoisotopic (exact) mass is 450 g/mol. The van der Waals surface area contributed by atoms with E-state index in [9.17, 15) is 18.0 Å². The molecule has 0 aliphatic carbocycles. The molecule has 9 heteroatoms. The molecule has 0 spiro atoms. The van der Waals surface area contributed by atoms with Gasteiger partial charge in [-0.1, -0.05) is 18.7 Å². The molecule has 0 bridgehead atoms. The summed E-state index contributed by atoms with van der Waals surface area (Å²) in [5.74, 6) is 0. The van der Waals surface area contributed by atoms with Crippen LogP contribution in [0.2, 0.25) is 0 Å². The molecular weight excluding hydrogens is 428 g/mol. The summed E-state index contributed by atoms with van der Waals surface area (Å²) in [6.45, 7) is 3.94. The summed E-state index contributed by atoms with van der Waals surface area (Å²) in [5.41, 5.74) is 3.52. The van der Waals surface area contributed by atoms with Crippen molar-refractivity contribution < 1.29 is 13.2 Å². The van der Waals surface area contributed by atoms with Crippen molar-refractivity contribution in [3.63, 3.8) is 0 Å². The normalized spacial score (nSPS) is 12.4. The molecule has 3 aromatic heterocycles. The lowest BCUT2D eigenvalue weighted by atomic mass is 10.0. The van der Waals surface area contributed by atoms with Crippen molar-refractivity contribution in [3.8, 4) is 11.1 Å². The van der Waals surface area contributed by atoms with Gasteiger partial charge in [-0.3, -0.25) is 14.3 Å². The second-order valence-corrected chi connectivity index (χ2v) is 9.34. The summed E-state index contributed by atoms with van der Waals surface area (Å²) in [6.07, 6.45) is 10.3. The van der Waals surface area contributed by atoms with Crippen LogP contribution in [-0.2, 0) is 28.4 Å². The number of hydrogen-bond donors (Lipinski definition) is 2. The first kappa shape index (κ1) is 21.4. The van der Waals surface area contributed by atoms with E-state index in [1.807, 2.05) is 22.9 Å². The highest BCUT2D eigenvalue weighted by Gasteiger charge is 2.17. The highest BCUT2D eigenvalue weighted by Crippen LogP contribution is 2.35. The molecule has 0 unspecified atom stereocenters. The minimum absolute atomic E-state index is 0.208. The Kier molecular flexibility index (Phi) is 5.35. The van der Waals surface area contributed by atoms with E-state index in [0.29, 0.717) is 28.7 Å². The van der Waals surface area contributed by atoms with Crippen LogP contribution < -0.4 is 10.3 Å². The molecule has 4 rings (SSSR count). The number of allylic oxidation sites excluding steroid dienone is 3. The Bertz CT molecular complexity index is 1570. The average molecular weight is 451 g/mol. The first-order valence-corrected chi connectivity index (χ1v) is 11.7. The molecule has 0 amide bonds. The van der Waals surface area contributed by atoms with Crippen molar-refractivity contribution in [2.75, 3.05) is 11.0 Å². The molecule has 8 nitrogen and oxygen atoms in total. The average Bonchev–Trinajstić information content (AvgIpc) is 3.28. The fraction of sp³-hybridized carbons (Fsp3) is 0.130. The fourth-order valence-corrected chi connectivity index (χ4v) is 4.51. The summed E-state index contributed by atoms with van der Waals surface area (Å²) in [5, 5.41) is 1.44. The molecule has 0 aliphatic rings. The van der Waals surface area contributed by atoms with E-state index in [1.54, 1.807) is 48.3 Å². The van der Waals surface area contributed by atoms with Crippen molar-refractivity contribution in [2.45, 2.75) is 6.54 Å². The topological polar surface area (TPSA) is 106 Å². The van der Waals surface area contributed by atoms with Gasteiger partial charge >= 0.3 is 0 Å². The molecule has 0 aliphatic heterocycles. The van der Waals surface area contributed by atoms with E-state index in [2.05, 4.69) is 16.3 Å². The van der Waals surface area contributed by atoms with E-state index in [4.69, 9.17) is 0 Å². The van der Waals surface area contributed by atoms with Gasteiger partial charge in [0.15, 0.2) is 0 Å². The number of hydrogen-bond acceptors (Lipinski definition) is 4. The Morgan fingerprint density at radius 2 is 2.03 bits per heavy atom. The van der Waals surface area contributed by atoms with Crippen LogP contribution in [0, 0.1) is 0 Å². The highest BCUT2D eigenvalue weighted by molar-refractivity contribution is 7.92. The number of anilines is 1.